The van der Waals surface area contributed by atoms with Gasteiger partial charge in [0.2, 0.25) is 0 Å². The van der Waals surface area contributed by atoms with Gasteiger partial charge in [-0.2, -0.15) is 0 Å². The number of rotatable bonds is 6. The Balaban J connectivity index is 1.99. The number of hydrogen-bond acceptors (Lipinski definition) is 3. The average Bonchev–Trinajstić information content (AvgIpc) is 2.88. The second kappa shape index (κ2) is 6.90. The van der Waals surface area contributed by atoms with Gasteiger partial charge < -0.3 is 5.73 Å². The van der Waals surface area contributed by atoms with Crippen molar-refractivity contribution in [2.24, 2.45) is 5.92 Å². The average molecular weight is 261 g/mol. The molecule has 0 aromatic carbocycles. The third-order valence-corrected chi connectivity index (χ3v) is 4.04. The molecular formula is C16H27N3. The minimum atomic E-state index is 0.752. The summed E-state index contributed by atoms with van der Waals surface area (Å²) in [6.45, 7) is 6.72. The van der Waals surface area contributed by atoms with Crippen LogP contribution in [0, 0.1) is 5.92 Å². The van der Waals surface area contributed by atoms with E-state index in [1.165, 1.54) is 38.6 Å². The van der Waals surface area contributed by atoms with E-state index in [0.717, 1.165) is 29.9 Å². The van der Waals surface area contributed by atoms with Gasteiger partial charge in [0.1, 0.15) is 0 Å². The Morgan fingerprint density at radius 1 is 1.37 bits per heavy atom. The number of nitrogen functional groups attached to an aromatic ring is 1. The summed E-state index contributed by atoms with van der Waals surface area (Å²) in [5, 5.41) is 0. The van der Waals surface area contributed by atoms with E-state index in [9.17, 15) is 0 Å². The number of aromatic nitrogens is 1. The van der Waals surface area contributed by atoms with E-state index in [-0.39, 0.29) is 0 Å². The van der Waals surface area contributed by atoms with Gasteiger partial charge in [-0.25, -0.2) is 0 Å². The fraction of sp³-hybridized carbons (Fsp3) is 0.688. The second-order valence-electron chi connectivity index (χ2n) is 6.17. The SMILES string of the molecule is CC(C)CCN(Cc1cc(N)ccn1)C1CCCC1. The predicted octanol–water partition coefficient (Wildman–Crippen LogP) is 3.45. The van der Waals surface area contributed by atoms with Gasteiger partial charge in [0, 0.05) is 24.5 Å². The molecule has 106 valence electrons. The van der Waals surface area contributed by atoms with E-state index in [0.29, 0.717) is 0 Å². The molecule has 0 saturated heterocycles. The molecule has 2 rings (SSSR count). The van der Waals surface area contributed by atoms with Crippen LogP contribution < -0.4 is 5.73 Å². The molecule has 1 aromatic heterocycles. The first-order valence-corrected chi connectivity index (χ1v) is 7.59. The predicted molar refractivity (Wildman–Crippen MR) is 80.8 cm³/mol. The highest BCUT2D eigenvalue weighted by atomic mass is 15.2. The van der Waals surface area contributed by atoms with Gasteiger partial charge in [-0.15, -0.1) is 0 Å². The van der Waals surface area contributed by atoms with Crippen LogP contribution in [0.15, 0.2) is 18.3 Å². The lowest BCUT2D eigenvalue weighted by Crippen LogP contribution is -2.34. The molecule has 0 aliphatic heterocycles. The zero-order chi connectivity index (χ0) is 13.7. The number of pyridine rings is 1. The maximum atomic E-state index is 5.85. The van der Waals surface area contributed by atoms with Gasteiger partial charge in [0.25, 0.3) is 0 Å². The number of nitrogens with zero attached hydrogens (tertiary/aromatic N) is 2. The first-order valence-electron chi connectivity index (χ1n) is 7.59. The van der Waals surface area contributed by atoms with Crippen molar-refractivity contribution in [1.82, 2.24) is 9.88 Å². The summed E-state index contributed by atoms with van der Waals surface area (Å²) >= 11 is 0. The summed E-state index contributed by atoms with van der Waals surface area (Å²) in [6.07, 6.45) is 8.54. The lowest BCUT2D eigenvalue weighted by atomic mass is 10.1. The largest absolute Gasteiger partial charge is 0.399 e. The second-order valence-corrected chi connectivity index (χ2v) is 6.17. The molecule has 0 radical (unpaired) electrons. The van der Waals surface area contributed by atoms with E-state index in [4.69, 9.17) is 5.73 Å². The molecule has 1 aliphatic carbocycles. The van der Waals surface area contributed by atoms with Crippen molar-refractivity contribution in [3.63, 3.8) is 0 Å². The molecule has 1 aliphatic rings. The molecule has 2 N–H and O–H groups in total. The van der Waals surface area contributed by atoms with Crippen molar-refractivity contribution >= 4 is 5.69 Å². The Labute approximate surface area is 117 Å². The smallest absolute Gasteiger partial charge is 0.0564 e. The fourth-order valence-corrected chi connectivity index (χ4v) is 2.88. The molecule has 1 fully saturated rings. The zero-order valence-electron chi connectivity index (χ0n) is 12.3. The van der Waals surface area contributed by atoms with Crippen LogP contribution in [0.4, 0.5) is 5.69 Å². The molecule has 0 bridgehead atoms. The van der Waals surface area contributed by atoms with Crippen LogP contribution in [0.1, 0.15) is 51.6 Å². The number of nitrogens with two attached hydrogens (primary N) is 1. The molecule has 1 saturated carbocycles. The van der Waals surface area contributed by atoms with Crippen LogP contribution in [-0.4, -0.2) is 22.5 Å². The lowest BCUT2D eigenvalue weighted by Gasteiger charge is -2.29. The first kappa shape index (κ1) is 14.3. The summed E-state index contributed by atoms with van der Waals surface area (Å²) in [5.74, 6) is 0.762. The maximum Gasteiger partial charge on any atom is 0.0564 e. The fourth-order valence-electron chi connectivity index (χ4n) is 2.88. The summed E-state index contributed by atoms with van der Waals surface area (Å²) in [5.41, 5.74) is 7.78. The van der Waals surface area contributed by atoms with E-state index in [1.54, 1.807) is 0 Å². The van der Waals surface area contributed by atoms with Crippen LogP contribution in [-0.2, 0) is 6.54 Å². The van der Waals surface area contributed by atoms with Crippen molar-refractivity contribution < 1.29 is 0 Å². The molecule has 19 heavy (non-hydrogen) atoms. The standard InChI is InChI=1S/C16H27N3/c1-13(2)8-10-19(16-5-3-4-6-16)12-15-11-14(17)7-9-18-15/h7,9,11,13,16H,3-6,8,10,12H2,1-2H3,(H2,17,18). The molecule has 3 heteroatoms. The highest BCUT2D eigenvalue weighted by Gasteiger charge is 2.22. The third kappa shape index (κ3) is 4.50. The molecule has 0 amide bonds. The van der Waals surface area contributed by atoms with Gasteiger partial charge >= 0.3 is 0 Å². The van der Waals surface area contributed by atoms with Crippen molar-refractivity contribution in [2.45, 2.75) is 58.5 Å². The lowest BCUT2D eigenvalue weighted by molar-refractivity contribution is 0.177. The zero-order valence-corrected chi connectivity index (χ0v) is 12.3. The molecule has 0 spiro atoms. The first-order chi connectivity index (χ1) is 9.15. The molecule has 0 atom stereocenters. The van der Waals surface area contributed by atoms with Gasteiger partial charge in [0.05, 0.1) is 5.69 Å². The molecular weight excluding hydrogens is 234 g/mol. The van der Waals surface area contributed by atoms with E-state index in [1.807, 2.05) is 18.3 Å². The Morgan fingerprint density at radius 3 is 2.74 bits per heavy atom. The minimum absolute atomic E-state index is 0.752. The summed E-state index contributed by atoms with van der Waals surface area (Å²) in [7, 11) is 0. The Kier molecular flexibility index (Phi) is 5.20. The van der Waals surface area contributed by atoms with Crippen molar-refractivity contribution in [2.75, 3.05) is 12.3 Å². The van der Waals surface area contributed by atoms with Gasteiger partial charge in [0.15, 0.2) is 0 Å². The third-order valence-electron chi connectivity index (χ3n) is 4.04. The highest BCUT2D eigenvalue weighted by Crippen LogP contribution is 2.25. The molecule has 0 unspecified atom stereocenters. The van der Waals surface area contributed by atoms with Crippen molar-refractivity contribution in [1.29, 1.82) is 0 Å². The van der Waals surface area contributed by atoms with Crippen molar-refractivity contribution in [3.8, 4) is 0 Å². The van der Waals surface area contributed by atoms with Crippen LogP contribution in [0.2, 0.25) is 0 Å². The van der Waals surface area contributed by atoms with E-state index >= 15 is 0 Å². The van der Waals surface area contributed by atoms with Crippen LogP contribution in [0.3, 0.4) is 0 Å². The number of anilines is 1. The van der Waals surface area contributed by atoms with Gasteiger partial charge in [-0.1, -0.05) is 26.7 Å². The normalized spacial score (nSPS) is 16.6. The maximum absolute atomic E-state index is 5.85. The quantitative estimate of drug-likeness (QED) is 0.852. The monoisotopic (exact) mass is 261 g/mol. The topological polar surface area (TPSA) is 42.1 Å². The van der Waals surface area contributed by atoms with Gasteiger partial charge in [-0.3, -0.25) is 9.88 Å². The van der Waals surface area contributed by atoms with Crippen molar-refractivity contribution in [3.05, 3.63) is 24.0 Å². The summed E-state index contributed by atoms with van der Waals surface area (Å²) in [4.78, 5) is 7.08. The number of hydrogen-bond donors (Lipinski definition) is 1. The Morgan fingerprint density at radius 2 is 2.11 bits per heavy atom. The molecule has 3 nitrogen and oxygen atoms in total. The van der Waals surface area contributed by atoms with Crippen LogP contribution in [0.25, 0.3) is 0 Å². The highest BCUT2D eigenvalue weighted by molar-refractivity contribution is 5.37. The molecule has 1 heterocycles. The van der Waals surface area contributed by atoms with Gasteiger partial charge in [-0.05, 0) is 43.9 Å². The molecule has 1 aromatic rings. The summed E-state index contributed by atoms with van der Waals surface area (Å²) in [6, 6.07) is 4.62. The Bertz CT molecular complexity index is 383. The minimum Gasteiger partial charge on any atom is -0.399 e. The summed E-state index contributed by atoms with van der Waals surface area (Å²) < 4.78 is 0. The Hall–Kier alpha value is -1.09. The van der Waals surface area contributed by atoms with Crippen LogP contribution in [0.5, 0.6) is 0 Å². The van der Waals surface area contributed by atoms with Crippen LogP contribution >= 0.6 is 0 Å². The van der Waals surface area contributed by atoms with E-state index in [2.05, 4.69) is 23.7 Å². The van der Waals surface area contributed by atoms with E-state index < -0.39 is 0 Å².